The van der Waals surface area contributed by atoms with Crippen molar-refractivity contribution < 1.29 is 4.74 Å². The lowest BCUT2D eigenvalue weighted by Crippen LogP contribution is -2.25. The minimum Gasteiger partial charge on any atom is -0.483 e. The first-order chi connectivity index (χ1) is 8.88. The Hall–Kier alpha value is -1.38. The number of nitrogen functional groups attached to an aromatic ring is 1. The standard InChI is InChI=1S/C15H15Cl2NO/c1-15(2,13-8-3-10(16)9-14(13)17)19-12-6-4-11(18)5-7-12/h3-9H,18H2,1-2H3. The van der Waals surface area contributed by atoms with Gasteiger partial charge in [0.05, 0.1) is 0 Å². The third-order valence-electron chi connectivity index (χ3n) is 2.83. The second-order valence-corrected chi connectivity index (χ2v) is 5.65. The van der Waals surface area contributed by atoms with E-state index in [0.717, 1.165) is 11.3 Å². The summed E-state index contributed by atoms with van der Waals surface area (Å²) in [5.41, 5.74) is 6.68. The largest absolute Gasteiger partial charge is 0.483 e. The lowest BCUT2D eigenvalue weighted by molar-refractivity contribution is 0.109. The second-order valence-electron chi connectivity index (χ2n) is 4.81. The van der Waals surface area contributed by atoms with E-state index in [-0.39, 0.29) is 0 Å². The van der Waals surface area contributed by atoms with Crippen LogP contribution < -0.4 is 10.5 Å². The molecular weight excluding hydrogens is 281 g/mol. The predicted molar refractivity (Wildman–Crippen MR) is 81.0 cm³/mol. The first-order valence-electron chi connectivity index (χ1n) is 5.88. The fraction of sp³-hybridized carbons (Fsp3) is 0.200. The van der Waals surface area contributed by atoms with E-state index in [1.54, 1.807) is 24.3 Å². The Morgan fingerprint density at radius 2 is 1.63 bits per heavy atom. The summed E-state index contributed by atoms with van der Waals surface area (Å²) >= 11 is 12.1. The molecule has 0 saturated heterocycles. The summed E-state index contributed by atoms with van der Waals surface area (Å²) in [6.07, 6.45) is 0. The molecule has 2 rings (SSSR count). The predicted octanol–water partition coefficient (Wildman–Crippen LogP) is 4.89. The van der Waals surface area contributed by atoms with Crippen molar-refractivity contribution >= 4 is 28.9 Å². The number of hydrogen-bond acceptors (Lipinski definition) is 2. The van der Waals surface area contributed by atoms with Crippen molar-refractivity contribution in [2.75, 3.05) is 5.73 Å². The van der Waals surface area contributed by atoms with Crippen molar-refractivity contribution in [2.24, 2.45) is 0 Å². The molecule has 0 radical (unpaired) electrons. The zero-order chi connectivity index (χ0) is 14.0. The number of hydrogen-bond donors (Lipinski definition) is 1. The molecule has 0 aliphatic heterocycles. The summed E-state index contributed by atoms with van der Waals surface area (Å²) in [5, 5.41) is 1.20. The van der Waals surface area contributed by atoms with Crippen LogP contribution in [-0.4, -0.2) is 0 Å². The van der Waals surface area contributed by atoms with Gasteiger partial charge in [-0.05, 0) is 50.2 Å². The van der Waals surface area contributed by atoms with E-state index in [1.165, 1.54) is 0 Å². The van der Waals surface area contributed by atoms with Crippen LogP contribution in [-0.2, 0) is 5.60 Å². The molecule has 2 nitrogen and oxygen atoms in total. The number of anilines is 1. The van der Waals surface area contributed by atoms with E-state index >= 15 is 0 Å². The van der Waals surface area contributed by atoms with Crippen LogP contribution >= 0.6 is 23.2 Å². The minimum atomic E-state index is -0.558. The molecule has 0 saturated carbocycles. The minimum absolute atomic E-state index is 0.558. The highest BCUT2D eigenvalue weighted by molar-refractivity contribution is 6.35. The Labute approximate surface area is 123 Å². The molecule has 0 atom stereocenters. The van der Waals surface area contributed by atoms with Gasteiger partial charge >= 0.3 is 0 Å². The maximum absolute atomic E-state index is 6.22. The van der Waals surface area contributed by atoms with E-state index in [0.29, 0.717) is 15.7 Å². The first-order valence-corrected chi connectivity index (χ1v) is 6.64. The van der Waals surface area contributed by atoms with Gasteiger partial charge in [0.15, 0.2) is 0 Å². The molecule has 100 valence electrons. The maximum Gasteiger partial charge on any atom is 0.130 e. The summed E-state index contributed by atoms with van der Waals surface area (Å²) in [5.74, 6) is 0.741. The van der Waals surface area contributed by atoms with Gasteiger partial charge in [0, 0.05) is 21.3 Å². The van der Waals surface area contributed by atoms with Crippen LogP contribution in [0.3, 0.4) is 0 Å². The lowest BCUT2D eigenvalue weighted by atomic mass is 9.98. The SMILES string of the molecule is CC(C)(Oc1ccc(N)cc1)c1ccc(Cl)cc1Cl. The molecule has 0 spiro atoms. The molecule has 2 aromatic rings. The molecule has 0 bridgehead atoms. The highest BCUT2D eigenvalue weighted by atomic mass is 35.5. The molecule has 0 fully saturated rings. The van der Waals surface area contributed by atoms with E-state index in [2.05, 4.69) is 0 Å². The van der Waals surface area contributed by atoms with Gasteiger partial charge in [0.1, 0.15) is 11.4 Å². The fourth-order valence-corrected chi connectivity index (χ4v) is 2.50. The monoisotopic (exact) mass is 295 g/mol. The van der Waals surface area contributed by atoms with Gasteiger partial charge in [-0.2, -0.15) is 0 Å². The molecule has 2 aromatic carbocycles. The van der Waals surface area contributed by atoms with Crippen molar-refractivity contribution in [1.29, 1.82) is 0 Å². The van der Waals surface area contributed by atoms with Crippen molar-refractivity contribution in [3.8, 4) is 5.75 Å². The van der Waals surface area contributed by atoms with Crippen molar-refractivity contribution in [2.45, 2.75) is 19.4 Å². The third kappa shape index (κ3) is 3.34. The normalized spacial score (nSPS) is 11.4. The number of rotatable bonds is 3. The van der Waals surface area contributed by atoms with Gasteiger partial charge in [-0.3, -0.25) is 0 Å². The van der Waals surface area contributed by atoms with Gasteiger partial charge in [-0.1, -0.05) is 29.3 Å². The highest BCUT2D eigenvalue weighted by Crippen LogP contribution is 2.34. The Morgan fingerprint density at radius 3 is 2.21 bits per heavy atom. The van der Waals surface area contributed by atoms with Crippen LogP contribution in [0.4, 0.5) is 5.69 Å². The molecule has 2 N–H and O–H groups in total. The summed E-state index contributed by atoms with van der Waals surface area (Å²) in [6, 6.07) is 12.7. The van der Waals surface area contributed by atoms with E-state index < -0.39 is 5.60 Å². The number of nitrogens with two attached hydrogens (primary N) is 1. The summed E-state index contributed by atoms with van der Waals surface area (Å²) < 4.78 is 5.98. The Bertz CT molecular complexity index is 579. The maximum atomic E-state index is 6.22. The molecule has 4 heteroatoms. The topological polar surface area (TPSA) is 35.2 Å². The average molecular weight is 296 g/mol. The Balaban J connectivity index is 2.29. The second kappa shape index (κ2) is 5.32. The van der Waals surface area contributed by atoms with Gasteiger partial charge in [-0.25, -0.2) is 0 Å². The zero-order valence-corrected chi connectivity index (χ0v) is 12.3. The Morgan fingerprint density at radius 1 is 1.00 bits per heavy atom. The average Bonchev–Trinajstić information content (AvgIpc) is 2.31. The summed E-state index contributed by atoms with van der Waals surface area (Å²) in [4.78, 5) is 0. The molecule has 0 unspecified atom stereocenters. The molecule has 0 heterocycles. The summed E-state index contributed by atoms with van der Waals surface area (Å²) in [6.45, 7) is 3.91. The van der Waals surface area contributed by atoms with Crippen molar-refractivity contribution in [1.82, 2.24) is 0 Å². The van der Waals surface area contributed by atoms with E-state index in [9.17, 15) is 0 Å². The van der Waals surface area contributed by atoms with Crippen LogP contribution in [0.15, 0.2) is 42.5 Å². The van der Waals surface area contributed by atoms with Crippen LogP contribution in [0.2, 0.25) is 10.0 Å². The first kappa shape index (κ1) is 14.0. The van der Waals surface area contributed by atoms with Crippen LogP contribution in [0.1, 0.15) is 19.4 Å². The number of ether oxygens (including phenoxy) is 1. The van der Waals surface area contributed by atoms with Crippen LogP contribution in [0.5, 0.6) is 5.75 Å². The third-order valence-corrected chi connectivity index (χ3v) is 3.38. The molecular formula is C15H15Cl2NO. The van der Waals surface area contributed by atoms with Crippen LogP contribution in [0, 0.1) is 0 Å². The van der Waals surface area contributed by atoms with Gasteiger partial charge in [-0.15, -0.1) is 0 Å². The molecule has 0 aromatic heterocycles. The molecule has 19 heavy (non-hydrogen) atoms. The zero-order valence-electron chi connectivity index (χ0n) is 10.8. The fourth-order valence-electron chi connectivity index (χ4n) is 1.86. The van der Waals surface area contributed by atoms with Crippen LogP contribution in [0.25, 0.3) is 0 Å². The summed E-state index contributed by atoms with van der Waals surface area (Å²) in [7, 11) is 0. The van der Waals surface area contributed by atoms with E-state index in [4.69, 9.17) is 33.7 Å². The van der Waals surface area contributed by atoms with Gasteiger partial charge < -0.3 is 10.5 Å². The highest BCUT2D eigenvalue weighted by Gasteiger charge is 2.25. The number of benzene rings is 2. The quantitative estimate of drug-likeness (QED) is 0.818. The van der Waals surface area contributed by atoms with E-state index in [1.807, 2.05) is 32.0 Å². The van der Waals surface area contributed by atoms with Crippen molar-refractivity contribution in [3.05, 3.63) is 58.1 Å². The molecule has 0 amide bonds. The molecule has 0 aliphatic carbocycles. The van der Waals surface area contributed by atoms with Gasteiger partial charge in [0.25, 0.3) is 0 Å². The lowest BCUT2D eigenvalue weighted by Gasteiger charge is -2.28. The van der Waals surface area contributed by atoms with Gasteiger partial charge in [0.2, 0.25) is 0 Å². The smallest absolute Gasteiger partial charge is 0.130 e. The number of halogens is 2. The molecule has 0 aliphatic rings. The Kier molecular flexibility index (Phi) is 3.93. The van der Waals surface area contributed by atoms with Crippen molar-refractivity contribution in [3.63, 3.8) is 0 Å².